The lowest BCUT2D eigenvalue weighted by molar-refractivity contribution is -0.159. The van der Waals surface area contributed by atoms with Crippen molar-refractivity contribution in [3.8, 4) is 0 Å². The van der Waals surface area contributed by atoms with Crippen molar-refractivity contribution in [3.63, 3.8) is 0 Å². The Kier molecular flexibility index (Phi) is 3.86. The van der Waals surface area contributed by atoms with Crippen LogP contribution in [0, 0.1) is 0 Å². The lowest BCUT2D eigenvalue weighted by Crippen LogP contribution is -2.40. The number of ether oxygens (including phenoxy) is 2. The third-order valence-electron chi connectivity index (χ3n) is 2.21. The van der Waals surface area contributed by atoms with Crippen LogP contribution in [0.1, 0.15) is 20.3 Å². The van der Waals surface area contributed by atoms with Gasteiger partial charge in [0.05, 0.1) is 18.8 Å². The molecular formula is C9H16O5. The van der Waals surface area contributed by atoms with Crippen LogP contribution < -0.4 is 0 Å². The molecule has 1 heterocycles. The Hall–Kier alpha value is -0.650. The fourth-order valence-corrected chi connectivity index (χ4v) is 1.47. The summed E-state index contributed by atoms with van der Waals surface area (Å²) in [6.07, 6.45) is -2.53. The van der Waals surface area contributed by atoms with Gasteiger partial charge in [-0.25, -0.2) is 0 Å². The van der Waals surface area contributed by atoms with E-state index in [2.05, 4.69) is 0 Å². The minimum absolute atomic E-state index is 0.124. The molecule has 1 fully saturated rings. The zero-order valence-electron chi connectivity index (χ0n) is 8.34. The van der Waals surface area contributed by atoms with E-state index in [1.807, 2.05) is 0 Å². The maximum absolute atomic E-state index is 10.7. The van der Waals surface area contributed by atoms with E-state index in [-0.39, 0.29) is 12.7 Å². The molecule has 0 bridgehead atoms. The van der Waals surface area contributed by atoms with E-state index in [0.717, 1.165) is 0 Å². The maximum Gasteiger partial charge on any atom is 0.303 e. The fraction of sp³-hybridized carbons (Fsp3) is 0.889. The van der Waals surface area contributed by atoms with E-state index in [0.29, 0.717) is 6.42 Å². The zero-order valence-corrected chi connectivity index (χ0v) is 8.34. The van der Waals surface area contributed by atoms with Crippen LogP contribution in [0.4, 0.5) is 0 Å². The second-order valence-electron chi connectivity index (χ2n) is 3.59. The van der Waals surface area contributed by atoms with Crippen LogP contribution in [0.5, 0.6) is 0 Å². The molecule has 0 aromatic rings. The van der Waals surface area contributed by atoms with Gasteiger partial charge in [-0.05, 0) is 6.92 Å². The highest BCUT2D eigenvalue weighted by Crippen LogP contribution is 2.17. The zero-order chi connectivity index (χ0) is 10.7. The van der Waals surface area contributed by atoms with Gasteiger partial charge >= 0.3 is 5.97 Å². The van der Waals surface area contributed by atoms with Crippen LogP contribution >= 0.6 is 0 Å². The van der Waals surface area contributed by atoms with Gasteiger partial charge in [-0.15, -0.1) is 0 Å². The Bertz CT molecular complexity index is 205. The lowest BCUT2D eigenvalue weighted by atomic mass is 10.1. The van der Waals surface area contributed by atoms with E-state index in [1.54, 1.807) is 6.92 Å². The van der Waals surface area contributed by atoms with Crippen LogP contribution in [-0.4, -0.2) is 47.2 Å². The van der Waals surface area contributed by atoms with Crippen LogP contribution in [0.3, 0.4) is 0 Å². The average molecular weight is 204 g/mol. The maximum atomic E-state index is 10.7. The van der Waals surface area contributed by atoms with Gasteiger partial charge < -0.3 is 19.7 Å². The molecular weight excluding hydrogens is 188 g/mol. The normalized spacial score (nSPS) is 38.9. The summed E-state index contributed by atoms with van der Waals surface area (Å²) in [5, 5.41) is 19.1. The molecule has 0 amide bonds. The molecule has 4 unspecified atom stereocenters. The lowest BCUT2D eigenvalue weighted by Gasteiger charge is -2.22. The van der Waals surface area contributed by atoms with Crippen LogP contribution in [0.25, 0.3) is 0 Å². The third-order valence-corrected chi connectivity index (χ3v) is 2.21. The van der Waals surface area contributed by atoms with Crippen LogP contribution in [0.15, 0.2) is 0 Å². The number of esters is 1. The summed E-state index contributed by atoms with van der Waals surface area (Å²) in [4.78, 5) is 10.7. The Morgan fingerprint density at radius 1 is 1.50 bits per heavy atom. The minimum atomic E-state index is -1.07. The fourth-order valence-electron chi connectivity index (χ4n) is 1.47. The van der Waals surface area contributed by atoms with E-state index in [4.69, 9.17) is 9.47 Å². The summed E-state index contributed by atoms with van der Waals surface area (Å²) >= 11 is 0. The molecule has 5 nitrogen and oxygen atoms in total. The van der Waals surface area contributed by atoms with Crippen molar-refractivity contribution in [3.05, 3.63) is 0 Å². The van der Waals surface area contributed by atoms with Crippen molar-refractivity contribution in [2.45, 2.75) is 44.7 Å². The van der Waals surface area contributed by atoms with Crippen molar-refractivity contribution in [2.75, 3.05) is 6.61 Å². The molecule has 0 aromatic carbocycles. The average Bonchev–Trinajstić information content (AvgIpc) is 2.18. The number of hydrogen-bond acceptors (Lipinski definition) is 5. The summed E-state index contributed by atoms with van der Waals surface area (Å²) in [5.74, 6) is -0.487. The minimum Gasteiger partial charge on any atom is -0.457 e. The molecule has 1 aliphatic rings. The topological polar surface area (TPSA) is 76.0 Å². The molecule has 1 rings (SSSR count). The molecule has 82 valence electrons. The molecule has 2 N–H and O–H groups in total. The van der Waals surface area contributed by atoms with Crippen molar-refractivity contribution in [1.29, 1.82) is 0 Å². The second-order valence-corrected chi connectivity index (χ2v) is 3.59. The van der Waals surface area contributed by atoms with Gasteiger partial charge in [-0.2, -0.15) is 0 Å². The molecule has 1 saturated heterocycles. The molecule has 4 atom stereocenters. The predicted octanol–water partition coefficient (Wildman–Crippen LogP) is -0.551. The quantitative estimate of drug-likeness (QED) is 0.560. The monoisotopic (exact) mass is 204 g/mol. The Morgan fingerprint density at radius 3 is 2.71 bits per heavy atom. The molecule has 0 spiro atoms. The number of carbonyl (C=O) groups is 1. The van der Waals surface area contributed by atoms with Crippen LogP contribution in [0.2, 0.25) is 0 Å². The molecule has 0 aliphatic carbocycles. The van der Waals surface area contributed by atoms with E-state index >= 15 is 0 Å². The van der Waals surface area contributed by atoms with Gasteiger partial charge in [0.1, 0.15) is 6.10 Å². The first-order valence-corrected chi connectivity index (χ1v) is 4.65. The van der Waals surface area contributed by atoms with Crippen LogP contribution in [-0.2, 0) is 14.3 Å². The summed E-state index contributed by atoms with van der Waals surface area (Å²) in [6.45, 7) is 3.18. The van der Waals surface area contributed by atoms with Crippen molar-refractivity contribution in [2.24, 2.45) is 0 Å². The second kappa shape index (κ2) is 4.72. The first-order valence-electron chi connectivity index (χ1n) is 4.65. The summed E-state index contributed by atoms with van der Waals surface area (Å²) in [6, 6.07) is 0. The summed E-state index contributed by atoms with van der Waals surface area (Å²) in [7, 11) is 0. The van der Waals surface area contributed by atoms with Gasteiger partial charge in [0.15, 0.2) is 6.10 Å². The molecule has 1 aliphatic heterocycles. The number of aliphatic hydroxyl groups excluding tert-OH is 2. The molecule has 0 radical (unpaired) electrons. The molecule has 14 heavy (non-hydrogen) atoms. The van der Waals surface area contributed by atoms with Gasteiger partial charge in [0.2, 0.25) is 0 Å². The smallest absolute Gasteiger partial charge is 0.303 e. The Morgan fingerprint density at radius 2 is 2.14 bits per heavy atom. The predicted molar refractivity (Wildman–Crippen MR) is 47.6 cm³/mol. The van der Waals surface area contributed by atoms with Gasteiger partial charge in [-0.3, -0.25) is 4.79 Å². The largest absolute Gasteiger partial charge is 0.457 e. The van der Waals surface area contributed by atoms with E-state index in [1.165, 1.54) is 6.92 Å². The van der Waals surface area contributed by atoms with Gasteiger partial charge in [-0.1, -0.05) is 0 Å². The molecule has 0 aromatic heterocycles. The molecule has 0 saturated carbocycles. The number of hydrogen-bond donors (Lipinski definition) is 2. The molecule has 5 heteroatoms. The number of aliphatic hydroxyl groups is 2. The van der Waals surface area contributed by atoms with Crippen molar-refractivity contribution < 1.29 is 24.5 Å². The highest BCUT2D eigenvalue weighted by Gasteiger charge is 2.33. The first kappa shape index (κ1) is 11.4. The van der Waals surface area contributed by atoms with Gasteiger partial charge in [0, 0.05) is 13.3 Å². The third kappa shape index (κ3) is 2.94. The van der Waals surface area contributed by atoms with E-state index < -0.39 is 24.3 Å². The standard InChI is InChI=1S/C9H16O5/c1-5-3-7(11)9(12)8(4-13-5)14-6(2)10/h5,7-9,11-12H,3-4H2,1-2H3. The van der Waals surface area contributed by atoms with Gasteiger partial charge in [0.25, 0.3) is 0 Å². The Labute approximate surface area is 82.6 Å². The highest BCUT2D eigenvalue weighted by atomic mass is 16.6. The van der Waals surface area contributed by atoms with E-state index in [9.17, 15) is 15.0 Å². The summed E-state index contributed by atoms with van der Waals surface area (Å²) in [5.41, 5.74) is 0. The number of rotatable bonds is 1. The SMILES string of the molecule is CC(=O)OC1COC(C)CC(O)C1O. The van der Waals surface area contributed by atoms with Crippen molar-refractivity contribution in [1.82, 2.24) is 0 Å². The van der Waals surface area contributed by atoms with Crippen molar-refractivity contribution >= 4 is 5.97 Å². The highest BCUT2D eigenvalue weighted by molar-refractivity contribution is 5.66. The number of carbonyl (C=O) groups excluding carboxylic acids is 1. The Balaban J connectivity index is 2.60. The first-order chi connectivity index (χ1) is 6.50. The summed E-state index contributed by atoms with van der Waals surface area (Å²) < 4.78 is 10.1.